The number of hydrogen-bond donors (Lipinski definition) is 1. The zero-order valence-corrected chi connectivity index (χ0v) is 22.4. The van der Waals surface area contributed by atoms with Gasteiger partial charge in [-0.25, -0.2) is 4.98 Å². The van der Waals surface area contributed by atoms with E-state index in [4.69, 9.17) is 21.1 Å². The molecule has 0 amide bonds. The van der Waals surface area contributed by atoms with E-state index in [0.29, 0.717) is 6.61 Å². The fourth-order valence-electron chi connectivity index (χ4n) is 4.85. The fourth-order valence-corrected chi connectivity index (χ4v) is 5.83. The maximum Gasteiger partial charge on any atom is 0.121 e. The molecular weight excluding hydrogens is 490 g/mol. The SMILES string of the molecule is Cc1nc2cc(OCCCCOC(CCCc3c[nH]c4cc(Cl)ccc34)N3CC=CCC3)ccc2s1. The molecule has 0 bridgehead atoms. The van der Waals surface area contributed by atoms with Crippen LogP contribution in [-0.4, -0.2) is 47.4 Å². The van der Waals surface area contributed by atoms with Crippen LogP contribution in [0.25, 0.3) is 21.1 Å². The number of benzene rings is 2. The fraction of sp³-hybridized carbons (Fsp3) is 0.414. The average molecular weight is 524 g/mol. The molecule has 5 rings (SSSR count). The van der Waals surface area contributed by atoms with Crippen molar-refractivity contribution < 1.29 is 9.47 Å². The number of fused-ring (bicyclic) bond motifs is 2. The topological polar surface area (TPSA) is 50.4 Å². The number of aromatic amines is 1. The highest BCUT2D eigenvalue weighted by Crippen LogP contribution is 2.26. The highest BCUT2D eigenvalue weighted by atomic mass is 35.5. The monoisotopic (exact) mass is 523 g/mol. The van der Waals surface area contributed by atoms with E-state index in [1.807, 2.05) is 31.2 Å². The lowest BCUT2D eigenvalue weighted by Gasteiger charge is -2.32. The van der Waals surface area contributed by atoms with Gasteiger partial charge in [-0.3, -0.25) is 4.90 Å². The molecule has 2 aromatic carbocycles. The Bertz CT molecular complexity index is 1310. The minimum Gasteiger partial charge on any atom is -0.494 e. The van der Waals surface area contributed by atoms with Gasteiger partial charge in [-0.15, -0.1) is 11.3 Å². The van der Waals surface area contributed by atoms with Crippen LogP contribution in [0.2, 0.25) is 5.02 Å². The van der Waals surface area contributed by atoms with Gasteiger partial charge in [-0.1, -0.05) is 29.8 Å². The summed E-state index contributed by atoms with van der Waals surface area (Å²) in [6.07, 6.45) is 13.0. The zero-order chi connectivity index (χ0) is 24.7. The Labute approximate surface area is 222 Å². The molecule has 5 nitrogen and oxygen atoms in total. The van der Waals surface area contributed by atoms with Gasteiger partial charge in [-0.05, 0) is 75.3 Å². The molecule has 3 heterocycles. The molecule has 36 heavy (non-hydrogen) atoms. The Morgan fingerprint density at radius 2 is 2.03 bits per heavy atom. The minimum atomic E-state index is 0.158. The third-order valence-corrected chi connectivity index (χ3v) is 7.89. The largest absolute Gasteiger partial charge is 0.494 e. The zero-order valence-electron chi connectivity index (χ0n) is 20.8. The average Bonchev–Trinajstić information content (AvgIpc) is 3.46. The standard InChI is InChI=1S/C29H34ClN3O2S/c1-21-32-27-19-24(11-13-28(27)36-21)34-16-5-6-17-35-29(33-14-3-2-4-15-33)9-7-8-22-20-31-26-18-23(30)10-12-25(22)26/h2-3,10-13,18-20,29,31H,4-9,14-17H2,1H3. The number of thiazole rings is 1. The first-order chi connectivity index (χ1) is 17.7. The molecule has 0 saturated carbocycles. The quantitative estimate of drug-likeness (QED) is 0.154. The number of aromatic nitrogens is 2. The molecule has 4 aromatic rings. The van der Waals surface area contributed by atoms with Gasteiger partial charge in [-0.2, -0.15) is 0 Å². The van der Waals surface area contributed by atoms with Crippen molar-refractivity contribution in [2.24, 2.45) is 0 Å². The van der Waals surface area contributed by atoms with Gasteiger partial charge in [0.15, 0.2) is 0 Å². The third kappa shape index (κ3) is 6.48. The summed E-state index contributed by atoms with van der Waals surface area (Å²) in [6.45, 7) is 5.52. The number of rotatable bonds is 12. The molecule has 1 aliphatic rings. The number of nitrogens with one attached hydrogen (secondary N) is 1. The molecule has 0 aliphatic carbocycles. The third-order valence-electron chi connectivity index (χ3n) is 6.71. The van der Waals surface area contributed by atoms with Crippen molar-refractivity contribution in [3.63, 3.8) is 0 Å². The Kier molecular flexibility index (Phi) is 8.59. The van der Waals surface area contributed by atoms with Gasteiger partial charge in [0.05, 0.1) is 21.8 Å². The van der Waals surface area contributed by atoms with Crippen molar-refractivity contribution in [1.82, 2.24) is 14.9 Å². The first-order valence-electron chi connectivity index (χ1n) is 12.9. The van der Waals surface area contributed by atoms with E-state index in [-0.39, 0.29) is 6.23 Å². The molecule has 2 aromatic heterocycles. The Morgan fingerprint density at radius 1 is 1.11 bits per heavy atom. The van der Waals surface area contributed by atoms with Crippen LogP contribution < -0.4 is 4.74 Å². The van der Waals surface area contributed by atoms with E-state index < -0.39 is 0 Å². The van der Waals surface area contributed by atoms with Crippen molar-refractivity contribution in [2.75, 3.05) is 26.3 Å². The summed E-state index contributed by atoms with van der Waals surface area (Å²) >= 11 is 7.85. The number of nitrogens with zero attached hydrogens (tertiary/aromatic N) is 2. The Hall–Kier alpha value is -2.38. The van der Waals surface area contributed by atoms with Crippen molar-refractivity contribution in [3.8, 4) is 5.75 Å². The summed E-state index contributed by atoms with van der Waals surface area (Å²) in [5, 5.41) is 3.12. The minimum absolute atomic E-state index is 0.158. The number of unbranched alkanes of at least 4 members (excludes halogenated alkanes) is 1. The van der Waals surface area contributed by atoms with E-state index in [2.05, 4.69) is 45.3 Å². The van der Waals surface area contributed by atoms with Crippen LogP contribution in [-0.2, 0) is 11.2 Å². The first kappa shape index (κ1) is 25.3. The second-order valence-corrected chi connectivity index (χ2v) is 11.1. The van der Waals surface area contributed by atoms with Crippen molar-refractivity contribution in [3.05, 3.63) is 70.3 Å². The van der Waals surface area contributed by atoms with Gasteiger partial charge >= 0.3 is 0 Å². The van der Waals surface area contributed by atoms with Crippen LogP contribution in [0.15, 0.2) is 54.7 Å². The second kappa shape index (κ2) is 12.2. The second-order valence-electron chi connectivity index (χ2n) is 9.39. The lowest BCUT2D eigenvalue weighted by molar-refractivity contribution is -0.0625. The molecule has 0 saturated heterocycles. The summed E-state index contributed by atoms with van der Waals surface area (Å²) in [5.74, 6) is 0.895. The summed E-state index contributed by atoms with van der Waals surface area (Å²) in [6, 6.07) is 12.3. The highest BCUT2D eigenvalue weighted by Gasteiger charge is 2.19. The summed E-state index contributed by atoms with van der Waals surface area (Å²) in [5.41, 5.74) is 3.48. The summed E-state index contributed by atoms with van der Waals surface area (Å²) in [7, 11) is 0. The Morgan fingerprint density at radius 3 is 2.92 bits per heavy atom. The van der Waals surface area contributed by atoms with Crippen LogP contribution in [0.4, 0.5) is 0 Å². The maximum atomic E-state index is 6.42. The molecular formula is C29H34ClN3O2S. The maximum absolute atomic E-state index is 6.42. The molecule has 0 fully saturated rings. The normalized spacial score (nSPS) is 15.2. The molecule has 0 spiro atoms. The lowest BCUT2D eigenvalue weighted by atomic mass is 10.1. The van der Waals surface area contributed by atoms with E-state index >= 15 is 0 Å². The number of H-pyrrole nitrogens is 1. The van der Waals surface area contributed by atoms with Crippen LogP contribution in [0.5, 0.6) is 5.75 Å². The molecule has 1 unspecified atom stereocenters. The molecule has 190 valence electrons. The smallest absolute Gasteiger partial charge is 0.121 e. The Balaban J connectivity index is 1.07. The van der Waals surface area contributed by atoms with Crippen molar-refractivity contribution in [2.45, 2.75) is 51.7 Å². The molecule has 1 aliphatic heterocycles. The first-order valence-corrected chi connectivity index (χ1v) is 14.1. The predicted molar refractivity (Wildman–Crippen MR) is 150 cm³/mol. The summed E-state index contributed by atoms with van der Waals surface area (Å²) in [4.78, 5) is 10.4. The molecule has 0 radical (unpaired) electrons. The number of aryl methyl sites for hydroxylation is 2. The van der Waals surface area contributed by atoms with E-state index in [1.54, 1.807) is 11.3 Å². The predicted octanol–water partition coefficient (Wildman–Crippen LogP) is 7.53. The van der Waals surface area contributed by atoms with Crippen molar-refractivity contribution in [1.29, 1.82) is 0 Å². The van der Waals surface area contributed by atoms with Crippen LogP contribution in [0.3, 0.4) is 0 Å². The van der Waals surface area contributed by atoms with Crippen LogP contribution >= 0.6 is 22.9 Å². The van der Waals surface area contributed by atoms with Gasteiger partial charge in [0.2, 0.25) is 0 Å². The molecule has 1 atom stereocenters. The molecule has 7 heteroatoms. The number of hydrogen-bond acceptors (Lipinski definition) is 5. The van der Waals surface area contributed by atoms with Gasteiger partial charge < -0.3 is 14.5 Å². The summed E-state index contributed by atoms with van der Waals surface area (Å²) < 4.78 is 13.6. The van der Waals surface area contributed by atoms with Gasteiger partial charge in [0.25, 0.3) is 0 Å². The lowest BCUT2D eigenvalue weighted by Crippen LogP contribution is -2.39. The van der Waals surface area contributed by atoms with Crippen LogP contribution in [0, 0.1) is 6.92 Å². The van der Waals surface area contributed by atoms with E-state index in [9.17, 15) is 0 Å². The molecule has 1 N–H and O–H groups in total. The number of ether oxygens (including phenoxy) is 2. The van der Waals surface area contributed by atoms with E-state index in [0.717, 1.165) is 85.0 Å². The highest BCUT2D eigenvalue weighted by molar-refractivity contribution is 7.18. The van der Waals surface area contributed by atoms with E-state index in [1.165, 1.54) is 15.6 Å². The van der Waals surface area contributed by atoms with Crippen LogP contribution in [0.1, 0.15) is 42.7 Å². The van der Waals surface area contributed by atoms with Gasteiger partial charge in [0.1, 0.15) is 12.0 Å². The van der Waals surface area contributed by atoms with Crippen molar-refractivity contribution >= 4 is 44.1 Å². The number of halogens is 1. The van der Waals surface area contributed by atoms with Gasteiger partial charge in [0, 0.05) is 47.9 Å².